The third-order valence-corrected chi connectivity index (χ3v) is 5.44. The summed E-state index contributed by atoms with van der Waals surface area (Å²) in [5.74, 6) is 0. The molecule has 0 aromatic carbocycles. The zero-order valence-electron chi connectivity index (χ0n) is 16.6. The Balaban J connectivity index is 4.75. The van der Waals surface area contributed by atoms with Crippen LogP contribution in [0.3, 0.4) is 0 Å². The van der Waals surface area contributed by atoms with E-state index in [-0.39, 0.29) is 10.8 Å². The summed E-state index contributed by atoms with van der Waals surface area (Å²) in [7, 11) is 1.87. The van der Waals surface area contributed by atoms with Gasteiger partial charge in [-0.15, -0.1) is 0 Å². The summed E-state index contributed by atoms with van der Waals surface area (Å²) in [4.78, 5) is 2.57. The van der Waals surface area contributed by atoms with Crippen molar-refractivity contribution in [2.24, 2.45) is 10.8 Å². The summed E-state index contributed by atoms with van der Waals surface area (Å²) in [6, 6.07) is 0. The smallest absolute Gasteiger partial charge is 0.0535 e. The molecule has 2 nitrogen and oxygen atoms in total. The third kappa shape index (κ3) is 7.46. The van der Waals surface area contributed by atoms with E-state index in [1.165, 1.54) is 44.9 Å². The molecule has 0 radical (unpaired) electrons. The second kappa shape index (κ2) is 11.5. The fourth-order valence-electron chi connectivity index (χ4n) is 3.42. The first kappa shape index (κ1) is 21.9. The van der Waals surface area contributed by atoms with Crippen molar-refractivity contribution in [3.63, 3.8) is 0 Å². The fourth-order valence-corrected chi connectivity index (χ4v) is 3.42. The molecule has 0 saturated carbocycles. The minimum absolute atomic E-state index is 0.262. The van der Waals surface area contributed by atoms with Crippen molar-refractivity contribution in [1.82, 2.24) is 4.90 Å². The van der Waals surface area contributed by atoms with Crippen LogP contribution in [0.5, 0.6) is 0 Å². The van der Waals surface area contributed by atoms with Crippen LogP contribution in [0, 0.1) is 10.8 Å². The van der Waals surface area contributed by atoms with Gasteiger partial charge >= 0.3 is 0 Å². The lowest BCUT2D eigenvalue weighted by atomic mass is 9.64. The molecule has 1 atom stereocenters. The summed E-state index contributed by atoms with van der Waals surface area (Å²) in [6.45, 7) is 18.3. The lowest BCUT2D eigenvalue weighted by Gasteiger charge is -2.47. The summed E-state index contributed by atoms with van der Waals surface area (Å²) >= 11 is 0. The molecule has 1 unspecified atom stereocenters. The first-order valence-electron chi connectivity index (χ1n) is 9.58. The number of hydrogen-bond acceptors (Lipinski definition) is 2. The lowest BCUT2D eigenvalue weighted by Crippen LogP contribution is -2.49. The normalized spacial score (nSPS) is 15.3. The van der Waals surface area contributed by atoms with Gasteiger partial charge in [-0.1, -0.05) is 80.1 Å². The second-order valence-electron chi connectivity index (χ2n) is 7.94. The molecule has 0 aliphatic carbocycles. The summed E-state index contributed by atoms with van der Waals surface area (Å²) in [5.41, 5.74) is 0.535. The van der Waals surface area contributed by atoms with Gasteiger partial charge in [0, 0.05) is 19.1 Å². The monoisotopic (exact) mass is 313 g/mol. The molecule has 0 fully saturated rings. The van der Waals surface area contributed by atoms with E-state index in [2.05, 4.69) is 46.4 Å². The lowest BCUT2D eigenvalue weighted by molar-refractivity contribution is -0.0393. The van der Waals surface area contributed by atoms with E-state index in [1.807, 2.05) is 7.11 Å². The van der Waals surface area contributed by atoms with E-state index in [4.69, 9.17) is 4.74 Å². The fraction of sp³-hybridized carbons (Fsp3) is 1.00. The zero-order chi connectivity index (χ0) is 17.1. The molecular weight excluding hydrogens is 270 g/mol. The number of rotatable bonds is 13. The molecule has 0 aliphatic heterocycles. The van der Waals surface area contributed by atoms with Gasteiger partial charge in [0.2, 0.25) is 0 Å². The van der Waals surface area contributed by atoms with E-state index in [1.54, 1.807) is 0 Å². The number of unbranched alkanes of at least 4 members (excludes halogenated alkanes) is 5. The average molecular weight is 314 g/mol. The maximum Gasteiger partial charge on any atom is 0.0535 e. The van der Waals surface area contributed by atoms with Crippen LogP contribution < -0.4 is 0 Å². The summed E-state index contributed by atoms with van der Waals surface area (Å²) in [5, 5.41) is 0. The van der Waals surface area contributed by atoms with Crippen molar-refractivity contribution < 1.29 is 4.74 Å². The van der Waals surface area contributed by atoms with Gasteiger partial charge < -0.3 is 9.64 Å². The Morgan fingerprint density at radius 2 is 1.36 bits per heavy atom. The number of hydrogen-bond donors (Lipinski definition) is 0. The van der Waals surface area contributed by atoms with E-state index in [0.717, 1.165) is 26.2 Å². The van der Waals surface area contributed by atoms with Crippen molar-refractivity contribution in [2.45, 2.75) is 86.5 Å². The van der Waals surface area contributed by atoms with Crippen molar-refractivity contribution in [3.8, 4) is 0 Å². The van der Waals surface area contributed by atoms with Gasteiger partial charge in [-0.2, -0.15) is 0 Å². The van der Waals surface area contributed by atoms with Gasteiger partial charge in [-0.05, 0) is 24.9 Å². The average Bonchev–Trinajstić information content (AvgIpc) is 2.46. The highest BCUT2D eigenvalue weighted by Crippen LogP contribution is 2.44. The molecule has 2 heteroatoms. The number of nitrogens with zero attached hydrogens (tertiary/aromatic N) is 1. The molecule has 0 heterocycles. The van der Waals surface area contributed by atoms with Gasteiger partial charge in [0.15, 0.2) is 0 Å². The van der Waals surface area contributed by atoms with Crippen LogP contribution in [0.25, 0.3) is 0 Å². The Labute approximate surface area is 141 Å². The second-order valence-corrected chi connectivity index (χ2v) is 7.94. The Bertz CT molecular complexity index is 255. The van der Waals surface area contributed by atoms with Crippen LogP contribution in [0.2, 0.25) is 0 Å². The Morgan fingerprint density at radius 3 is 1.82 bits per heavy atom. The van der Waals surface area contributed by atoms with Crippen LogP contribution in [-0.2, 0) is 4.74 Å². The molecule has 0 saturated heterocycles. The number of methoxy groups -OCH3 is 1. The largest absolute Gasteiger partial charge is 0.384 e. The maximum absolute atomic E-state index is 5.69. The Kier molecular flexibility index (Phi) is 11.4. The SMILES string of the molecule is CCCCCCCCC(COC)(CN(CC)CC)C(C)(C)C. The third-order valence-electron chi connectivity index (χ3n) is 5.44. The first-order valence-corrected chi connectivity index (χ1v) is 9.58. The molecule has 0 N–H and O–H groups in total. The predicted molar refractivity (Wildman–Crippen MR) is 99.5 cm³/mol. The Hall–Kier alpha value is -0.0800. The quantitative estimate of drug-likeness (QED) is 0.401. The molecule has 134 valence electrons. The van der Waals surface area contributed by atoms with Gasteiger partial charge in [0.1, 0.15) is 0 Å². The predicted octanol–water partition coefficient (Wildman–Crippen LogP) is 5.76. The zero-order valence-corrected chi connectivity index (χ0v) is 16.6. The highest BCUT2D eigenvalue weighted by Gasteiger charge is 2.42. The Morgan fingerprint density at radius 1 is 0.818 bits per heavy atom. The van der Waals surface area contributed by atoms with Crippen molar-refractivity contribution in [3.05, 3.63) is 0 Å². The van der Waals surface area contributed by atoms with E-state index in [0.29, 0.717) is 0 Å². The van der Waals surface area contributed by atoms with Crippen LogP contribution in [0.1, 0.15) is 86.5 Å². The van der Waals surface area contributed by atoms with Crippen molar-refractivity contribution >= 4 is 0 Å². The van der Waals surface area contributed by atoms with Gasteiger partial charge in [0.05, 0.1) is 6.61 Å². The van der Waals surface area contributed by atoms with Crippen molar-refractivity contribution in [2.75, 3.05) is 33.4 Å². The van der Waals surface area contributed by atoms with Gasteiger partial charge in [-0.3, -0.25) is 0 Å². The van der Waals surface area contributed by atoms with E-state index in [9.17, 15) is 0 Å². The molecule has 0 aliphatic rings. The van der Waals surface area contributed by atoms with Crippen LogP contribution >= 0.6 is 0 Å². The molecule has 0 spiro atoms. The van der Waals surface area contributed by atoms with E-state index < -0.39 is 0 Å². The molecule has 0 aromatic heterocycles. The molecule has 0 rings (SSSR count). The minimum atomic E-state index is 0.262. The maximum atomic E-state index is 5.69. The van der Waals surface area contributed by atoms with Crippen LogP contribution in [-0.4, -0.2) is 38.3 Å². The molecule has 0 aromatic rings. The minimum Gasteiger partial charge on any atom is -0.384 e. The molecule has 22 heavy (non-hydrogen) atoms. The van der Waals surface area contributed by atoms with Crippen molar-refractivity contribution in [1.29, 1.82) is 0 Å². The number of ether oxygens (including phenoxy) is 1. The topological polar surface area (TPSA) is 12.5 Å². The summed E-state index contributed by atoms with van der Waals surface area (Å²) in [6.07, 6.45) is 9.52. The first-order chi connectivity index (χ1) is 10.4. The summed E-state index contributed by atoms with van der Waals surface area (Å²) < 4.78 is 5.69. The highest BCUT2D eigenvalue weighted by molar-refractivity contribution is 4.92. The standard InChI is InChI=1S/C20H43NO/c1-8-11-12-13-14-15-16-20(18-22-7,19(4,5)6)17-21(9-2)10-3/h8-18H2,1-7H3. The van der Waals surface area contributed by atoms with Crippen LogP contribution in [0.15, 0.2) is 0 Å². The molecule has 0 amide bonds. The van der Waals surface area contributed by atoms with Gasteiger partial charge in [0.25, 0.3) is 0 Å². The highest BCUT2D eigenvalue weighted by atomic mass is 16.5. The molecule has 0 bridgehead atoms. The van der Waals surface area contributed by atoms with Crippen LogP contribution in [0.4, 0.5) is 0 Å². The van der Waals surface area contributed by atoms with E-state index >= 15 is 0 Å². The molecular formula is C20H43NO. The van der Waals surface area contributed by atoms with Gasteiger partial charge in [-0.25, -0.2) is 0 Å².